The minimum atomic E-state index is 0.696. The van der Waals surface area contributed by atoms with E-state index in [9.17, 15) is 0 Å². The maximum absolute atomic E-state index is 4.39. The van der Waals surface area contributed by atoms with Gasteiger partial charge >= 0.3 is 0 Å². The lowest BCUT2D eigenvalue weighted by atomic mass is 10.2. The molecule has 2 nitrogen and oxygen atoms in total. The first kappa shape index (κ1) is 12.8. The molecule has 0 amide bonds. The van der Waals surface area contributed by atoms with Crippen molar-refractivity contribution in [1.82, 2.24) is 5.32 Å². The molecule has 1 radical (unpaired) electrons. The van der Waals surface area contributed by atoms with Gasteiger partial charge in [0.2, 0.25) is 0 Å². The van der Waals surface area contributed by atoms with Gasteiger partial charge in [-0.25, -0.2) is 5.32 Å². The van der Waals surface area contributed by atoms with E-state index in [1.54, 1.807) is 0 Å². The monoisotopic (exact) mass is 249 g/mol. The van der Waals surface area contributed by atoms with Crippen LogP contribution in [-0.4, -0.2) is 31.4 Å². The van der Waals surface area contributed by atoms with Crippen LogP contribution in [0.2, 0.25) is 0 Å². The van der Waals surface area contributed by atoms with Crippen molar-refractivity contribution >= 4 is 17.4 Å². The molecular formula is C14H21N2S. The van der Waals surface area contributed by atoms with Gasteiger partial charge in [-0.1, -0.05) is 19.9 Å². The average Bonchev–Trinajstić information content (AvgIpc) is 2.40. The molecule has 0 N–H and O–H groups in total. The Morgan fingerprint density at radius 1 is 1.35 bits per heavy atom. The van der Waals surface area contributed by atoms with E-state index < -0.39 is 0 Å². The second kappa shape index (κ2) is 6.31. The highest BCUT2D eigenvalue weighted by atomic mass is 32.2. The van der Waals surface area contributed by atoms with Crippen LogP contribution in [0.4, 0.5) is 5.69 Å². The summed E-state index contributed by atoms with van der Waals surface area (Å²) in [5.41, 5.74) is 1.35. The van der Waals surface area contributed by atoms with Crippen LogP contribution >= 0.6 is 11.8 Å². The Hall–Kier alpha value is -0.670. The minimum absolute atomic E-state index is 0.696. The standard InChI is InChI=1S/C14H21N2S/c1-3-12(2)17-14-6-4-5-13(11-14)16-9-7-15-8-10-16/h4-6,11-12H,3,7-10H2,1-2H3. The summed E-state index contributed by atoms with van der Waals surface area (Å²) in [6.45, 7) is 8.62. The van der Waals surface area contributed by atoms with Gasteiger partial charge in [-0.05, 0) is 24.6 Å². The minimum Gasteiger partial charge on any atom is -0.369 e. The maximum atomic E-state index is 4.39. The van der Waals surface area contributed by atoms with Crippen molar-refractivity contribution in [3.05, 3.63) is 24.3 Å². The van der Waals surface area contributed by atoms with E-state index >= 15 is 0 Å². The molecule has 1 atom stereocenters. The SMILES string of the molecule is CCC(C)Sc1cccc(N2CC[N]CC2)c1. The van der Waals surface area contributed by atoms with Crippen LogP contribution < -0.4 is 10.2 Å². The summed E-state index contributed by atoms with van der Waals surface area (Å²) in [4.78, 5) is 3.83. The molecule has 3 heteroatoms. The van der Waals surface area contributed by atoms with Gasteiger partial charge in [0.25, 0.3) is 0 Å². The second-order valence-electron chi connectivity index (χ2n) is 4.49. The number of nitrogens with zero attached hydrogens (tertiary/aromatic N) is 2. The summed E-state index contributed by atoms with van der Waals surface area (Å²) in [6.07, 6.45) is 1.22. The highest BCUT2D eigenvalue weighted by Gasteiger charge is 2.11. The van der Waals surface area contributed by atoms with Crippen molar-refractivity contribution in [2.45, 2.75) is 30.4 Å². The third-order valence-corrected chi connectivity index (χ3v) is 4.41. The summed E-state index contributed by atoms with van der Waals surface area (Å²) in [7, 11) is 0. The lowest BCUT2D eigenvalue weighted by molar-refractivity contribution is 0.579. The van der Waals surface area contributed by atoms with Crippen molar-refractivity contribution in [2.24, 2.45) is 0 Å². The zero-order chi connectivity index (χ0) is 12.1. The van der Waals surface area contributed by atoms with Crippen LogP contribution in [0, 0.1) is 0 Å². The lowest BCUT2D eigenvalue weighted by Gasteiger charge is -2.29. The van der Waals surface area contributed by atoms with E-state index in [0.29, 0.717) is 5.25 Å². The van der Waals surface area contributed by atoms with E-state index in [2.05, 4.69) is 48.3 Å². The van der Waals surface area contributed by atoms with E-state index in [4.69, 9.17) is 0 Å². The summed E-state index contributed by atoms with van der Waals surface area (Å²) in [6, 6.07) is 8.93. The first-order valence-corrected chi connectivity index (χ1v) is 7.32. The molecule has 0 aliphatic carbocycles. The topological polar surface area (TPSA) is 17.3 Å². The maximum Gasteiger partial charge on any atom is 0.0378 e. The zero-order valence-electron chi connectivity index (χ0n) is 10.7. The van der Waals surface area contributed by atoms with Crippen LogP contribution in [0.3, 0.4) is 0 Å². The van der Waals surface area contributed by atoms with Crippen LogP contribution in [-0.2, 0) is 0 Å². The predicted molar refractivity (Wildman–Crippen MR) is 76.1 cm³/mol. The van der Waals surface area contributed by atoms with Crippen molar-refractivity contribution in [3.63, 3.8) is 0 Å². The molecule has 2 rings (SSSR count). The highest BCUT2D eigenvalue weighted by molar-refractivity contribution is 7.99. The van der Waals surface area contributed by atoms with Gasteiger partial charge in [0.1, 0.15) is 0 Å². The van der Waals surface area contributed by atoms with Crippen LogP contribution in [0.1, 0.15) is 20.3 Å². The van der Waals surface area contributed by atoms with Gasteiger partial charge in [-0.3, -0.25) is 0 Å². The number of thioether (sulfide) groups is 1. The molecule has 1 saturated heterocycles. The lowest BCUT2D eigenvalue weighted by Crippen LogP contribution is -2.40. The number of benzene rings is 1. The first-order valence-electron chi connectivity index (χ1n) is 6.44. The van der Waals surface area contributed by atoms with Crippen LogP contribution in [0.15, 0.2) is 29.2 Å². The molecule has 0 bridgehead atoms. The highest BCUT2D eigenvalue weighted by Crippen LogP contribution is 2.28. The van der Waals surface area contributed by atoms with Crippen molar-refractivity contribution in [1.29, 1.82) is 0 Å². The third-order valence-electron chi connectivity index (χ3n) is 3.15. The summed E-state index contributed by atoms with van der Waals surface area (Å²) in [5.74, 6) is 0. The fourth-order valence-electron chi connectivity index (χ4n) is 1.93. The number of piperazine rings is 1. The molecule has 1 aliphatic rings. The van der Waals surface area contributed by atoms with Gasteiger partial charge in [0, 0.05) is 42.0 Å². The fraction of sp³-hybridized carbons (Fsp3) is 0.571. The first-order chi connectivity index (χ1) is 8.29. The van der Waals surface area contributed by atoms with Crippen LogP contribution in [0.25, 0.3) is 0 Å². The molecule has 1 aromatic rings. The van der Waals surface area contributed by atoms with E-state index in [0.717, 1.165) is 26.2 Å². The molecule has 1 fully saturated rings. The Bertz CT molecular complexity index is 348. The zero-order valence-corrected chi connectivity index (χ0v) is 11.5. The molecule has 0 saturated carbocycles. The molecule has 1 aromatic carbocycles. The quantitative estimate of drug-likeness (QED) is 0.763. The van der Waals surface area contributed by atoms with Crippen molar-refractivity contribution in [3.8, 4) is 0 Å². The Kier molecular flexibility index (Phi) is 4.75. The number of hydrogen-bond acceptors (Lipinski definition) is 2. The normalized spacial score (nSPS) is 18.1. The Morgan fingerprint density at radius 3 is 2.82 bits per heavy atom. The van der Waals surface area contributed by atoms with Crippen LogP contribution in [0.5, 0.6) is 0 Å². The molecule has 1 heterocycles. The van der Waals surface area contributed by atoms with Crippen molar-refractivity contribution < 1.29 is 0 Å². The van der Waals surface area contributed by atoms with Gasteiger partial charge in [-0.15, -0.1) is 11.8 Å². The van der Waals surface area contributed by atoms with Gasteiger partial charge in [0.15, 0.2) is 0 Å². The summed E-state index contributed by atoms with van der Waals surface area (Å²) in [5, 5.41) is 5.09. The Labute approximate surface area is 109 Å². The number of hydrogen-bond donors (Lipinski definition) is 0. The van der Waals surface area contributed by atoms with E-state index in [1.807, 2.05) is 11.8 Å². The molecular weight excluding hydrogens is 228 g/mol. The van der Waals surface area contributed by atoms with Gasteiger partial charge in [0.05, 0.1) is 0 Å². The Balaban J connectivity index is 2.05. The fourth-order valence-corrected chi connectivity index (χ4v) is 2.91. The van der Waals surface area contributed by atoms with E-state index in [1.165, 1.54) is 17.0 Å². The van der Waals surface area contributed by atoms with Crippen molar-refractivity contribution in [2.75, 3.05) is 31.1 Å². The Morgan fingerprint density at radius 2 is 2.12 bits per heavy atom. The second-order valence-corrected chi connectivity index (χ2v) is 6.00. The largest absolute Gasteiger partial charge is 0.369 e. The molecule has 0 aromatic heterocycles. The molecule has 93 valence electrons. The summed E-state index contributed by atoms with van der Waals surface area (Å²) < 4.78 is 0. The van der Waals surface area contributed by atoms with Gasteiger partial charge in [-0.2, -0.15) is 0 Å². The predicted octanol–water partition coefficient (Wildman–Crippen LogP) is 3.00. The smallest absolute Gasteiger partial charge is 0.0378 e. The number of rotatable bonds is 4. The third kappa shape index (κ3) is 3.65. The van der Waals surface area contributed by atoms with E-state index in [-0.39, 0.29) is 0 Å². The molecule has 1 unspecified atom stereocenters. The molecule has 0 spiro atoms. The van der Waals surface area contributed by atoms with Gasteiger partial charge < -0.3 is 4.90 Å². The summed E-state index contributed by atoms with van der Waals surface area (Å²) >= 11 is 1.97. The molecule has 17 heavy (non-hydrogen) atoms. The number of anilines is 1. The average molecular weight is 249 g/mol. The molecule has 1 aliphatic heterocycles.